The lowest BCUT2D eigenvalue weighted by Crippen LogP contribution is -2.28. The van der Waals surface area contributed by atoms with Gasteiger partial charge in [-0.2, -0.15) is 0 Å². The van der Waals surface area contributed by atoms with E-state index in [9.17, 15) is 9.00 Å². The van der Waals surface area contributed by atoms with E-state index in [1.807, 2.05) is 6.92 Å². The van der Waals surface area contributed by atoms with Crippen molar-refractivity contribution in [3.8, 4) is 11.5 Å². The first-order chi connectivity index (χ1) is 9.11. The van der Waals surface area contributed by atoms with E-state index in [-0.39, 0.29) is 12.7 Å². The normalized spacial score (nSPS) is 14.2. The van der Waals surface area contributed by atoms with Gasteiger partial charge in [-0.3, -0.25) is 9.00 Å². The van der Waals surface area contributed by atoms with E-state index in [2.05, 4.69) is 5.32 Å². The first-order valence-corrected chi connectivity index (χ1v) is 7.43. The molecule has 0 radical (unpaired) electrons. The molecule has 19 heavy (non-hydrogen) atoms. The lowest BCUT2D eigenvalue weighted by atomic mass is 10.1. The second-order valence-corrected chi connectivity index (χ2v) is 5.85. The summed E-state index contributed by atoms with van der Waals surface area (Å²) >= 11 is 0. The molecule has 0 bridgehead atoms. The Bertz CT molecular complexity index is 519. The first-order valence-electron chi connectivity index (χ1n) is 5.94. The van der Waals surface area contributed by atoms with Crippen molar-refractivity contribution in [2.45, 2.75) is 6.92 Å². The average Bonchev–Trinajstić information content (AvgIpc) is 2.84. The van der Waals surface area contributed by atoms with Crippen LogP contribution in [0.2, 0.25) is 0 Å². The largest absolute Gasteiger partial charge is 0.454 e. The molecule has 7 heteroatoms. The summed E-state index contributed by atoms with van der Waals surface area (Å²) in [5, 5.41) is 2.69. The molecule has 1 aromatic rings. The maximum absolute atomic E-state index is 11.9. The van der Waals surface area contributed by atoms with E-state index in [1.54, 1.807) is 12.1 Å². The van der Waals surface area contributed by atoms with Crippen LogP contribution in [0.25, 0.3) is 0 Å². The van der Waals surface area contributed by atoms with Crippen LogP contribution in [0.4, 0.5) is 5.69 Å². The second-order valence-electron chi connectivity index (χ2n) is 3.98. The maximum atomic E-state index is 11.9. The minimum atomic E-state index is -0.895. The van der Waals surface area contributed by atoms with Crippen LogP contribution >= 0.6 is 0 Å². The van der Waals surface area contributed by atoms with E-state index in [1.165, 1.54) is 0 Å². The van der Waals surface area contributed by atoms with Gasteiger partial charge in [-0.05, 0) is 6.07 Å². The first kappa shape index (κ1) is 13.7. The molecule has 0 fully saturated rings. The summed E-state index contributed by atoms with van der Waals surface area (Å²) in [6.07, 6.45) is 0. The van der Waals surface area contributed by atoms with Gasteiger partial charge in [-0.15, -0.1) is 0 Å². The van der Waals surface area contributed by atoms with Crippen molar-refractivity contribution in [3.63, 3.8) is 0 Å². The molecule has 0 spiro atoms. The van der Waals surface area contributed by atoms with Crippen molar-refractivity contribution in [3.05, 3.63) is 17.7 Å². The number of hydrogen-bond donors (Lipinski definition) is 2. The van der Waals surface area contributed by atoms with Crippen molar-refractivity contribution < 1.29 is 18.5 Å². The molecule has 1 heterocycles. The Morgan fingerprint density at radius 1 is 1.42 bits per heavy atom. The zero-order valence-electron chi connectivity index (χ0n) is 10.6. The van der Waals surface area contributed by atoms with Crippen LogP contribution in [0.15, 0.2) is 12.1 Å². The zero-order chi connectivity index (χ0) is 13.8. The predicted molar refractivity (Wildman–Crippen MR) is 72.9 cm³/mol. The molecule has 1 amide bonds. The minimum Gasteiger partial charge on any atom is -0.454 e. The van der Waals surface area contributed by atoms with E-state index in [0.717, 1.165) is 0 Å². The lowest BCUT2D eigenvalue weighted by Gasteiger charge is -2.08. The second kappa shape index (κ2) is 5.92. The molecular formula is C12H16N2O4S. The molecule has 1 atom stereocenters. The van der Waals surface area contributed by atoms with Gasteiger partial charge in [0.15, 0.2) is 11.5 Å². The molecule has 1 aliphatic heterocycles. The molecule has 6 nitrogen and oxygen atoms in total. The van der Waals surface area contributed by atoms with Gasteiger partial charge in [0.2, 0.25) is 6.79 Å². The SMILES string of the molecule is CCS(=O)CCNC(=O)c1cc2c(cc1N)OCO2. The molecule has 1 aromatic carbocycles. The van der Waals surface area contributed by atoms with Gasteiger partial charge in [0.05, 0.1) is 5.56 Å². The maximum Gasteiger partial charge on any atom is 0.253 e. The third kappa shape index (κ3) is 3.17. The Morgan fingerprint density at radius 2 is 2.11 bits per heavy atom. The highest BCUT2D eigenvalue weighted by molar-refractivity contribution is 7.84. The summed E-state index contributed by atoms with van der Waals surface area (Å²) in [6.45, 7) is 2.33. The van der Waals surface area contributed by atoms with E-state index in [0.29, 0.717) is 40.8 Å². The fourth-order valence-corrected chi connectivity index (χ4v) is 2.29. The fourth-order valence-electron chi connectivity index (χ4n) is 1.67. The fraction of sp³-hybridized carbons (Fsp3) is 0.417. The van der Waals surface area contributed by atoms with Crippen molar-refractivity contribution in [1.29, 1.82) is 0 Å². The zero-order valence-corrected chi connectivity index (χ0v) is 11.4. The summed E-state index contributed by atoms with van der Waals surface area (Å²) in [7, 11) is -0.895. The molecular weight excluding hydrogens is 268 g/mol. The highest BCUT2D eigenvalue weighted by Gasteiger charge is 2.19. The average molecular weight is 284 g/mol. The van der Waals surface area contributed by atoms with Gasteiger partial charge in [-0.25, -0.2) is 0 Å². The molecule has 0 aromatic heterocycles. The van der Waals surface area contributed by atoms with E-state index < -0.39 is 10.8 Å². The van der Waals surface area contributed by atoms with Crippen molar-refractivity contribution in [2.24, 2.45) is 0 Å². The summed E-state index contributed by atoms with van der Waals surface area (Å²) < 4.78 is 21.6. The molecule has 104 valence electrons. The monoisotopic (exact) mass is 284 g/mol. The predicted octanol–water partition coefficient (Wildman–Crippen LogP) is 0.496. The number of ether oxygens (including phenoxy) is 2. The number of nitrogen functional groups attached to an aromatic ring is 1. The number of rotatable bonds is 5. The van der Waals surface area contributed by atoms with Crippen molar-refractivity contribution in [2.75, 3.05) is 30.6 Å². The van der Waals surface area contributed by atoms with Crippen molar-refractivity contribution >= 4 is 22.4 Å². The number of benzene rings is 1. The molecule has 0 saturated heterocycles. The highest BCUT2D eigenvalue weighted by atomic mass is 32.2. The Balaban J connectivity index is 2.01. The number of fused-ring (bicyclic) bond motifs is 1. The van der Waals surface area contributed by atoms with Crippen LogP contribution in [0.3, 0.4) is 0 Å². The standard InChI is InChI=1S/C12H16N2O4S/c1-2-19(16)4-3-14-12(15)8-5-10-11(6-9(8)13)18-7-17-10/h5-6H,2-4,7,13H2,1H3,(H,14,15). The number of amides is 1. The number of anilines is 1. The van der Waals surface area contributed by atoms with Crippen LogP contribution in [-0.4, -0.2) is 35.0 Å². The lowest BCUT2D eigenvalue weighted by molar-refractivity contribution is 0.0956. The van der Waals surface area contributed by atoms with Crippen molar-refractivity contribution in [1.82, 2.24) is 5.32 Å². The van der Waals surface area contributed by atoms with Crippen LogP contribution in [0.1, 0.15) is 17.3 Å². The van der Waals surface area contributed by atoms with E-state index in [4.69, 9.17) is 15.2 Å². The van der Waals surface area contributed by atoms with Gasteiger partial charge < -0.3 is 20.5 Å². The third-order valence-electron chi connectivity index (χ3n) is 2.73. The Hall–Kier alpha value is -1.76. The van der Waals surface area contributed by atoms with Gasteiger partial charge in [0.1, 0.15) is 0 Å². The summed E-state index contributed by atoms with van der Waals surface area (Å²) in [4.78, 5) is 11.9. The number of nitrogens with two attached hydrogens (primary N) is 1. The molecule has 1 unspecified atom stereocenters. The summed E-state index contributed by atoms with van der Waals surface area (Å²) in [5.74, 6) is 1.77. The molecule has 2 rings (SSSR count). The highest BCUT2D eigenvalue weighted by Crippen LogP contribution is 2.35. The van der Waals surface area contributed by atoms with Crippen LogP contribution in [-0.2, 0) is 10.8 Å². The van der Waals surface area contributed by atoms with Gasteiger partial charge >= 0.3 is 0 Å². The molecule has 0 aliphatic carbocycles. The van der Waals surface area contributed by atoms with Gasteiger partial charge in [-0.1, -0.05) is 6.92 Å². The number of carbonyl (C=O) groups excluding carboxylic acids is 1. The third-order valence-corrected chi connectivity index (χ3v) is 4.03. The quantitative estimate of drug-likeness (QED) is 0.768. The molecule has 0 saturated carbocycles. The number of carbonyl (C=O) groups is 1. The van der Waals surface area contributed by atoms with Gasteiger partial charge in [0, 0.05) is 40.6 Å². The smallest absolute Gasteiger partial charge is 0.253 e. The summed E-state index contributed by atoms with van der Waals surface area (Å²) in [6, 6.07) is 3.13. The Morgan fingerprint density at radius 3 is 2.79 bits per heavy atom. The topological polar surface area (TPSA) is 90.7 Å². The van der Waals surface area contributed by atoms with Crippen LogP contribution in [0, 0.1) is 0 Å². The summed E-state index contributed by atoms with van der Waals surface area (Å²) in [5.41, 5.74) is 6.47. The van der Waals surface area contributed by atoms with Crippen LogP contribution in [0.5, 0.6) is 11.5 Å². The van der Waals surface area contributed by atoms with Gasteiger partial charge in [0.25, 0.3) is 5.91 Å². The van der Waals surface area contributed by atoms with E-state index >= 15 is 0 Å². The minimum absolute atomic E-state index is 0.134. The number of hydrogen-bond acceptors (Lipinski definition) is 5. The molecule has 3 N–H and O–H groups in total. The molecule has 1 aliphatic rings. The Kier molecular flexibility index (Phi) is 4.26. The Labute approximate surface area is 113 Å². The van der Waals surface area contributed by atoms with Crippen LogP contribution < -0.4 is 20.5 Å². The number of nitrogens with one attached hydrogen (secondary N) is 1.